The van der Waals surface area contributed by atoms with Gasteiger partial charge in [0.05, 0.1) is 15.9 Å². The molecular weight excluding hydrogens is 241 g/mol. The van der Waals surface area contributed by atoms with Crippen LogP contribution >= 0.6 is 0 Å². The molecule has 0 heterocycles. The van der Waals surface area contributed by atoms with Crippen LogP contribution in [0, 0.1) is 0 Å². The van der Waals surface area contributed by atoms with Crippen molar-refractivity contribution in [2.45, 2.75) is 6.92 Å². The maximum absolute atomic E-state index is 10.3. The van der Waals surface area contributed by atoms with Gasteiger partial charge in [0.25, 0.3) is 0 Å². The molecule has 0 bridgehead atoms. The zero-order chi connectivity index (χ0) is 12.5. The molecule has 0 unspecified atom stereocenters. The van der Waals surface area contributed by atoms with Crippen molar-refractivity contribution in [3.05, 3.63) is 37.6 Å². The number of hydrogen-bond acceptors (Lipinski definition) is 4. The Kier molecular flexibility index (Phi) is 14.5. The van der Waals surface area contributed by atoms with Crippen molar-refractivity contribution in [2.75, 3.05) is 5.75 Å². The molecule has 0 saturated carbocycles. The van der Waals surface area contributed by atoms with Gasteiger partial charge in [-0.15, -0.1) is 6.58 Å². The van der Waals surface area contributed by atoms with Crippen LogP contribution in [0.25, 0.3) is 0 Å². The van der Waals surface area contributed by atoms with Crippen molar-refractivity contribution in [1.29, 1.82) is 0 Å². The molecule has 0 aromatic heterocycles. The summed E-state index contributed by atoms with van der Waals surface area (Å²) in [5.41, 5.74) is 0.634. The summed E-state index contributed by atoms with van der Waals surface area (Å²) in [6.07, 6.45) is 2.26. The van der Waals surface area contributed by atoms with Gasteiger partial charge < -0.3 is 9.87 Å². The predicted octanol–water partition coefficient (Wildman–Crippen LogP) is -2.46. The average molecular weight is 255 g/mol. The maximum Gasteiger partial charge on any atom is 1.00 e. The van der Waals surface area contributed by atoms with E-state index in [1.54, 1.807) is 6.92 Å². The molecule has 86 valence electrons. The number of nitrogens with one attached hydrogen (secondary N) is 1. The van der Waals surface area contributed by atoms with Crippen LogP contribution in [0.15, 0.2) is 37.6 Å². The molecule has 0 aliphatic rings. The third-order valence-electron chi connectivity index (χ3n) is 0.844. The van der Waals surface area contributed by atoms with Crippen LogP contribution in [0.1, 0.15) is 6.92 Å². The fraction of sp³-hybridized carbons (Fsp3) is 0.222. The number of amides is 1. The summed E-state index contributed by atoms with van der Waals surface area (Å²) in [5, 5.41) is 2.44. The van der Waals surface area contributed by atoms with Crippen molar-refractivity contribution >= 4 is 16.0 Å². The number of allylic oxidation sites excluding steroid dienone is 1. The first-order chi connectivity index (χ1) is 6.72. The molecule has 0 fully saturated rings. The minimum atomic E-state index is -4.04. The molecule has 0 radical (unpaired) electrons. The van der Waals surface area contributed by atoms with E-state index in [4.69, 9.17) is 0 Å². The summed E-state index contributed by atoms with van der Waals surface area (Å²) in [7, 11) is -4.04. The second-order valence-electron chi connectivity index (χ2n) is 2.49. The van der Waals surface area contributed by atoms with E-state index < -0.39 is 15.9 Å². The van der Waals surface area contributed by atoms with E-state index in [9.17, 15) is 17.8 Å². The minimum Gasteiger partial charge on any atom is -0.748 e. The molecule has 0 rings (SSSR count). The topological polar surface area (TPSA) is 86.3 Å². The Morgan fingerprint density at radius 2 is 1.88 bits per heavy atom. The third kappa shape index (κ3) is 23.4. The summed E-state index contributed by atoms with van der Waals surface area (Å²) in [5.74, 6) is -0.690. The Hall–Kier alpha value is -0.400. The van der Waals surface area contributed by atoms with Gasteiger partial charge in [-0.1, -0.05) is 19.2 Å². The molecule has 1 amide bonds. The van der Waals surface area contributed by atoms with Crippen LogP contribution in [-0.4, -0.2) is 24.6 Å². The van der Waals surface area contributed by atoms with Gasteiger partial charge >= 0.3 is 29.6 Å². The van der Waals surface area contributed by atoms with Gasteiger partial charge in [-0.3, -0.25) is 4.79 Å². The molecule has 0 aromatic carbocycles. The summed E-state index contributed by atoms with van der Waals surface area (Å²) < 4.78 is 28.8. The van der Waals surface area contributed by atoms with E-state index in [-0.39, 0.29) is 35.5 Å². The maximum atomic E-state index is 10.3. The predicted molar refractivity (Wildman–Crippen MR) is 57.9 cm³/mol. The monoisotopic (exact) mass is 255 g/mol. The van der Waals surface area contributed by atoms with Gasteiger partial charge in [0.15, 0.2) is 0 Å². The van der Waals surface area contributed by atoms with Crippen LogP contribution in [0.5, 0.6) is 0 Å². The molecule has 5 nitrogen and oxygen atoms in total. The van der Waals surface area contributed by atoms with E-state index in [0.29, 0.717) is 5.70 Å². The van der Waals surface area contributed by atoms with Gasteiger partial charge in [-0.05, 0) is 13.0 Å². The summed E-state index contributed by atoms with van der Waals surface area (Å²) in [6, 6.07) is 0. The molecule has 1 N–H and O–H groups in total. The van der Waals surface area contributed by atoms with E-state index in [0.717, 1.165) is 6.08 Å². The van der Waals surface area contributed by atoms with Crippen LogP contribution in [0.2, 0.25) is 0 Å². The number of rotatable bonds is 4. The Morgan fingerprint density at radius 3 is 1.94 bits per heavy atom. The van der Waals surface area contributed by atoms with E-state index in [2.05, 4.69) is 25.1 Å². The molecule has 16 heavy (non-hydrogen) atoms. The SMILES string of the molecule is C=CC(=O)NC(=C)C.C=CCS(=O)(=O)[O-].[Na+]. The van der Waals surface area contributed by atoms with E-state index in [1.165, 1.54) is 6.08 Å². The quantitative estimate of drug-likeness (QED) is 0.261. The van der Waals surface area contributed by atoms with Crippen LogP contribution in [0.4, 0.5) is 0 Å². The summed E-state index contributed by atoms with van der Waals surface area (Å²) >= 11 is 0. The second-order valence-corrected chi connectivity index (χ2v) is 3.94. The summed E-state index contributed by atoms with van der Waals surface area (Å²) in [4.78, 5) is 10.3. The number of hydrogen-bond donors (Lipinski definition) is 1. The fourth-order valence-electron chi connectivity index (χ4n) is 0.406. The standard InChI is InChI=1S/C6H9NO.C3H6O3S.Na/c1-4-6(8)7-5(2)3;1-2-3-7(4,5)6;/h4H,1-2H2,3H3,(H,7,8);2H,1,3H2,(H,4,5,6);/q;;+1/p-1. The zero-order valence-electron chi connectivity index (χ0n) is 9.52. The molecule has 0 saturated heterocycles. The fourth-order valence-corrected chi connectivity index (χ4v) is 0.694. The zero-order valence-corrected chi connectivity index (χ0v) is 12.3. The molecule has 0 atom stereocenters. The van der Waals surface area contributed by atoms with Crippen molar-refractivity contribution in [3.8, 4) is 0 Å². The first-order valence-electron chi connectivity index (χ1n) is 3.86. The Balaban J connectivity index is -0.000000200. The Bertz CT molecular complexity index is 349. The van der Waals surface area contributed by atoms with Gasteiger partial charge in [0.2, 0.25) is 5.91 Å². The minimum absolute atomic E-state index is 0. The third-order valence-corrected chi connectivity index (χ3v) is 1.49. The molecule has 0 spiro atoms. The van der Waals surface area contributed by atoms with Crippen LogP contribution in [-0.2, 0) is 14.9 Å². The van der Waals surface area contributed by atoms with Crippen molar-refractivity contribution in [3.63, 3.8) is 0 Å². The van der Waals surface area contributed by atoms with E-state index in [1.807, 2.05) is 0 Å². The van der Waals surface area contributed by atoms with Gasteiger partial charge in [-0.2, -0.15) is 0 Å². The van der Waals surface area contributed by atoms with Crippen molar-refractivity contribution < 1.29 is 47.3 Å². The first kappa shape index (κ1) is 20.9. The second kappa shape index (κ2) is 11.1. The molecule has 7 heteroatoms. The van der Waals surface area contributed by atoms with Crippen LogP contribution < -0.4 is 34.9 Å². The van der Waals surface area contributed by atoms with E-state index >= 15 is 0 Å². The normalized spacial score (nSPS) is 8.62. The Labute approximate surface area is 118 Å². The smallest absolute Gasteiger partial charge is 0.748 e. The van der Waals surface area contributed by atoms with Gasteiger partial charge in [0, 0.05) is 5.70 Å². The largest absolute Gasteiger partial charge is 1.00 e. The number of carbonyl (C=O) groups is 1. The average Bonchev–Trinajstić information content (AvgIpc) is 2.01. The van der Waals surface area contributed by atoms with Crippen LogP contribution in [0.3, 0.4) is 0 Å². The van der Waals surface area contributed by atoms with Crippen molar-refractivity contribution in [1.82, 2.24) is 5.32 Å². The summed E-state index contributed by atoms with van der Waals surface area (Å²) in [6.45, 7) is 11.5. The van der Waals surface area contributed by atoms with Crippen molar-refractivity contribution in [2.24, 2.45) is 0 Å². The van der Waals surface area contributed by atoms with Gasteiger partial charge in [0.1, 0.15) is 0 Å². The first-order valence-corrected chi connectivity index (χ1v) is 5.44. The molecule has 0 aliphatic carbocycles. The molecule has 0 aliphatic heterocycles. The molecular formula is C9H14NNaO4S. The molecule has 0 aromatic rings. The van der Waals surface area contributed by atoms with Gasteiger partial charge in [-0.25, -0.2) is 8.42 Å². The Morgan fingerprint density at radius 1 is 1.44 bits per heavy atom. The number of carbonyl (C=O) groups excluding carboxylic acids is 1.